The van der Waals surface area contributed by atoms with Gasteiger partial charge in [0.25, 0.3) is 0 Å². The maximum Gasteiger partial charge on any atom is 0.243 e. The summed E-state index contributed by atoms with van der Waals surface area (Å²) in [4.78, 5) is 15.0. The standard InChI is InChI=1S/C11H14ClN3O3S/c12-9-3-5-13-7-10(9)19(17,18)14-6-4-11(16)15-8-1-2-8/h3,5,7-8,14H,1-2,4,6H2,(H,15,16). The maximum atomic E-state index is 11.9. The number of amides is 1. The molecule has 1 aliphatic rings. The Morgan fingerprint density at radius 1 is 1.47 bits per heavy atom. The van der Waals surface area contributed by atoms with Crippen molar-refractivity contribution in [3.05, 3.63) is 23.5 Å². The summed E-state index contributed by atoms with van der Waals surface area (Å²) in [5.74, 6) is -0.150. The summed E-state index contributed by atoms with van der Waals surface area (Å²) in [7, 11) is -3.72. The van der Waals surface area contributed by atoms with Gasteiger partial charge in [0, 0.05) is 31.4 Å². The molecular weight excluding hydrogens is 290 g/mol. The maximum absolute atomic E-state index is 11.9. The fourth-order valence-corrected chi connectivity index (χ4v) is 2.93. The molecule has 1 aromatic heterocycles. The van der Waals surface area contributed by atoms with Gasteiger partial charge in [-0.25, -0.2) is 13.1 Å². The molecule has 1 amide bonds. The minimum Gasteiger partial charge on any atom is -0.353 e. The van der Waals surface area contributed by atoms with Crippen molar-refractivity contribution in [1.29, 1.82) is 0 Å². The van der Waals surface area contributed by atoms with Gasteiger partial charge < -0.3 is 5.32 Å². The van der Waals surface area contributed by atoms with Crippen LogP contribution in [0.1, 0.15) is 19.3 Å². The Morgan fingerprint density at radius 2 is 2.21 bits per heavy atom. The van der Waals surface area contributed by atoms with Gasteiger partial charge in [0.05, 0.1) is 5.02 Å². The monoisotopic (exact) mass is 303 g/mol. The lowest BCUT2D eigenvalue weighted by Gasteiger charge is -2.07. The first kappa shape index (κ1) is 14.2. The van der Waals surface area contributed by atoms with Crippen molar-refractivity contribution < 1.29 is 13.2 Å². The fourth-order valence-electron chi connectivity index (χ4n) is 1.46. The van der Waals surface area contributed by atoms with Gasteiger partial charge in [-0.15, -0.1) is 0 Å². The quantitative estimate of drug-likeness (QED) is 0.809. The summed E-state index contributed by atoms with van der Waals surface area (Å²) in [6.45, 7) is 0.0338. The van der Waals surface area contributed by atoms with Crippen LogP contribution in [0.4, 0.5) is 0 Å². The first-order valence-electron chi connectivity index (χ1n) is 5.87. The SMILES string of the molecule is O=C(CCNS(=O)(=O)c1cnccc1Cl)NC1CC1. The topological polar surface area (TPSA) is 88.2 Å². The van der Waals surface area contributed by atoms with Gasteiger partial charge in [-0.2, -0.15) is 0 Å². The molecule has 6 nitrogen and oxygen atoms in total. The lowest BCUT2D eigenvalue weighted by Crippen LogP contribution is -2.31. The number of pyridine rings is 1. The van der Waals surface area contributed by atoms with E-state index in [4.69, 9.17) is 11.6 Å². The lowest BCUT2D eigenvalue weighted by molar-refractivity contribution is -0.121. The molecule has 0 aromatic carbocycles. The van der Waals surface area contributed by atoms with E-state index in [2.05, 4.69) is 15.0 Å². The highest BCUT2D eigenvalue weighted by molar-refractivity contribution is 7.89. The molecule has 1 fully saturated rings. The van der Waals surface area contributed by atoms with E-state index >= 15 is 0 Å². The molecule has 2 N–H and O–H groups in total. The third-order valence-corrected chi connectivity index (χ3v) is 4.54. The van der Waals surface area contributed by atoms with Crippen LogP contribution in [-0.2, 0) is 14.8 Å². The van der Waals surface area contributed by atoms with Crippen molar-refractivity contribution >= 4 is 27.5 Å². The van der Waals surface area contributed by atoms with Crippen LogP contribution < -0.4 is 10.0 Å². The summed E-state index contributed by atoms with van der Waals surface area (Å²) in [5.41, 5.74) is 0. The van der Waals surface area contributed by atoms with E-state index < -0.39 is 10.0 Å². The zero-order valence-corrected chi connectivity index (χ0v) is 11.7. The van der Waals surface area contributed by atoms with E-state index in [-0.39, 0.29) is 34.8 Å². The molecule has 1 saturated carbocycles. The number of nitrogens with zero attached hydrogens (tertiary/aromatic N) is 1. The normalized spacial score (nSPS) is 15.2. The van der Waals surface area contributed by atoms with Crippen LogP contribution in [0, 0.1) is 0 Å². The smallest absolute Gasteiger partial charge is 0.243 e. The third-order valence-electron chi connectivity index (χ3n) is 2.61. The molecule has 0 unspecified atom stereocenters. The molecule has 2 rings (SSSR count). The van der Waals surface area contributed by atoms with E-state index in [0.29, 0.717) is 0 Å². The number of nitrogens with one attached hydrogen (secondary N) is 2. The molecule has 19 heavy (non-hydrogen) atoms. The van der Waals surface area contributed by atoms with Gasteiger partial charge in [-0.05, 0) is 18.9 Å². The Balaban J connectivity index is 1.87. The molecule has 0 spiro atoms. The average molecular weight is 304 g/mol. The first-order valence-corrected chi connectivity index (χ1v) is 7.74. The zero-order valence-electron chi connectivity index (χ0n) is 10.1. The molecule has 1 aromatic rings. The van der Waals surface area contributed by atoms with E-state index in [0.717, 1.165) is 12.8 Å². The highest BCUT2D eigenvalue weighted by atomic mass is 35.5. The summed E-state index contributed by atoms with van der Waals surface area (Å²) >= 11 is 5.79. The Labute approximate surface area is 116 Å². The van der Waals surface area contributed by atoms with Crippen LogP contribution in [0.5, 0.6) is 0 Å². The van der Waals surface area contributed by atoms with Gasteiger partial charge in [-0.1, -0.05) is 11.6 Å². The van der Waals surface area contributed by atoms with E-state index in [1.54, 1.807) is 0 Å². The Morgan fingerprint density at radius 3 is 2.84 bits per heavy atom. The molecule has 8 heteroatoms. The van der Waals surface area contributed by atoms with Crippen molar-refractivity contribution in [2.24, 2.45) is 0 Å². The highest BCUT2D eigenvalue weighted by Crippen LogP contribution is 2.19. The minimum absolute atomic E-state index is 0.0338. The number of hydrogen-bond acceptors (Lipinski definition) is 4. The molecule has 0 aliphatic heterocycles. The van der Waals surface area contributed by atoms with Crippen LogP contribution in [0.15, 0.2) is 23.4 Å². The number of carbonyl (C=O) groups is 1. The molecule has 0 bridgehead atoms. The largest absolute Gasteiger partial charge is 0.353 e. The molecule has 1 aliphatic carbocycles. The van der Waals surface area contributed by atoms with Crippen molar-refractivity contribution in [3.63, 3.8) is 0 Å². The zero-order chi connectivity index (χ0) is 13.9. The lowest BCUT2D eigenvalue weighted by atomic mass is 10.4. The number of sulfonamides is 1. The van der Waals surface area contributed by atoms with E-state index in [9.17, 15) is 13.2 Å². The second-order valence-corrected chi connectivity index (χ2v) is 6.44. The summed E-state index contributed by atoms with van der Waals surface area (Å²) in [6, 6.07) is 1.67. The van der Waals surface area contributed by atoms with Crippen LogP contribution in [0.3, 0.4) is 0 Å². The van der Waals surface area contributed by atoms with Gasteiger partial charge in [-0.3, -0.25) is 9.78 Å². The molecule has 1 heterocycles. The van der Waals surface area contributed by atoms with Crippen molar-refractivity contribution in [1.82, 2.24) is 15.0 Å². The van der Waals surface area contributed by atoms with Gasteiger partial charge >= 0.3 is 0 Å². The van der Waals surface area contributed by atoms with E-state index in [1.807, 2.05) is 0 Å². The number of halogens is 1. The third kappa shape index (κ3) is 4.15. The predicted octanol–water partition coefficient (Wildman–Crippen LogP) is 0.682. The number of rotatable bonds is 6. The highest BCUT2D eigenvalue weighted by Gasteiger charge is 2.23. The minimum atomic E-state index is -3.72. The Kier molecular flexibility index (Phi) is 4.38. The second kappa shape index (κ2) is 5.85. The van der Waals surface area contributed by atoms with Gasteiger partial charge in [0.15, 0.2) is 0 Å². The number of aromatic nitrogens is 1. The number of hydrogen-bond donors (Lipinski definition) is 2. The second-order valence-electron chi connectivity index (χ2n) is 4.30. The van der Waals surface area contributed by atoms with Crippen molar-refractivity contribution in [2.45, 2.75) is 30.2 Å². The van der Waals surface area contributed by atoms with Crippen LogP contribution in [0.2, 0.25) is 5.02 Å². The van der Waals surface area contributed by atoms with Crippen LogP contribution >= 0.6 is 11.6 Å². The summed E-state index contributed by atoms with van der Waals surface area (Å²) < 4.78 is 26.1. The average Bonchev–Trinajstić information content (AvgIpc) is 3.13. The molecule has 0 saturated heterocycles. The Hall–Kier alpha value is -1.18. The van der Waals surface area contributed by atoms with E-state index in [1.165, 1.54) is 18.5 Å². The molecule has 104 valence electrons. The van der Waals surface area contributed by atoms with Crippen LogP contribution in [-0.4, -0.2) is 31.9 Å². The molecule has 0 radical (unpaired) electrons. The van der Waals surface area contributed by atoms with Gasteiger partial charge in [0.2, 0.25) is 15.9 Å². The van der Waals surface area contributed by atoms with Gasteiger partial charge in [0.1, 0.15) is 4.90 Å². The van der Waals surface area contributed by atoms with Crippen molar-refractivity contribution in [2.75, 3.05) is 6.54 Å². The fraction of sp³-hybridized carbons (Fsp3) is 0.455. The number of carbonyl (C=O) groups excluding carboxylic acids is 1. The van der Waals surface area contributed by atoms with Crippen molar-refractivity contribution in [3.8, 4) is 0 Å². The summed E-state index contributed by atoms with van der Waals surface area (Å²) in [6.07, 6.45) is 4.69. The Bertz CT molecular complexity index is 572. The molecule has 0 atom stereocenters. The first-order chi connectivity index (χ1) is 8.99. The summed E-state index contributed by atoms with van der Waals surface area (Å²) in [5, 5.41) is 2.88. The predicted molar refractivity (Wildman–Crippen MR) is 70.2 cm³/mol. The van der Waals surface area contributed by atoms with Crippen LogP contribution in [0.25, 0.3) is 0 Å². The molecular formula is C11H14ClN3O3S.